The Hall–Kier alpha value is -2.32. The predicted molar refractivity (Wildman–Crippen MR) is 101 cm³/mol. The molecule has 27 heavy (non-hydrogen) atoms. The summed E-state index contributed by atoms with van der Waals surface area (Å²) < 4.78 is 49.6. The maximum atomic E-state index is 13.0. The predicted octanol–water partition coefficient (Wildman–Crippen LogP) is 2.43. The molecule has 8 heteroatoms. The van der Waals surface area contributed by atoms with Gasteiger partial charge in [-0.05, 0) is 38.1 Å². The number of hydrogen-bond acceptors (Lipinski definition) is 6. The molecule has 0 aliphatic rings. The Morgan fingerprint density at radius 3 is 1.37 bits per heavy atom. The van der Waals surface area contributed by atoms with E-state index in [0.717, 1.165) is 11.1 Å². The number of benzene rings is 2. The second kappa shape index (κ2) is 7.74. The number of ketones is 2. The molecule has 2 aromatic rings. The number of aryl methyl sites for hydroxylation is 2. The van der Waals surface area contributed by atoms with Crippen molar-refractivity contribution in [3.8, 4) is 0 Å². The average Bonchev–Trinajstić information content (AvgIpc) is 2.61. The second-order valence-electron chi connectivity index (χ2n) is 6.19. The van der Waals surface area contributed by atoms with Gasteiger partial charge in [0.25, 0.3) is 0 Å². The number of carbonyl (C=O) groups excluding carboxylic acids is 2. The fourth-order valence-corrected chi connectivity index (χ4v) is 6.81. The summed E-state index contributed by atoms with van der Waals surface area (Å²) in [5.41, 5.74) is 1.53. The van der Waals surface area contributed by atoms with Gasteiger partial charge in [0.1, 0.15) is 0 Å². The van der Waals surface area contributed by atoms with Crippen LogP contribution in [0.5, 0.6) is 0 Å². The van der Waals surface area contributed by atoms with Gasteiger partial charge < -0.3 is 0 Å². The van der Waals surface area contributed by atoms with Crippen LogP contribution in [-0.4, -0.2) is 33.0 Å². The molecule has 2 rings (SSSR count). The molecule has 6 nitrogen and oxygen atoms in total. The summed E-state index contributed by atoms with van der Waals surface area (Å²) >= 11 is 0. The number of hydrogen-bond donors (Lipinski definition) is 0. The summed E-state index contributed by atoms with van der Waals surface area (Å²) in [6, 6.07) is 10.9. The standard InChI is InChI=1S/C19H20O6S2/c1-4-17(20)18(21)19(26(22,23)15-9-5-13(2)6-10-15)27(24,25)16-11-7-14(3)8-12-16/h5-12,19H,4H2,1-3H3. The summed E-state index contributed by atoms with van der Waals surface area (Å²) in [4.78, 5) is 23.8. The van der Waals surface area contributed by atoms with Gasteiger partial charge in [-0.15, -0.1) is 0 Å². The van der Waals surface area contributed by atoms with Crippen molar-refractivity contribution in [1.82, 2.24) is 0 Å². The Balaban J connectivity index is 2.71. The largest absolute Gasteiger partial charge is 0.291 e. The van der Waals surface area contributed by atoms with E-state index in [-0.39, 0.29) is 16.2 Å². The highest BCUT2D eigenvalue weighted by atomic mass is 32.3. The molecule has 0 spiro atoms. The summed E-state index contributed by atoms with van der Waals surface area (Å²) in [6.45, 7) is 4.85. The number of Topliss-reactive ketones (excluding diaryl/α,β-unsaturated/α-hetero) is 2. The Bertz CT molecular complexity index is 989. The fourth-order valence-electron chi connectivity index (χ4n) is 2.46. The van der Waals surface area contributed by atoms with Crippen molar-refractivity contribution in [1.29, 1.82) is 0 Å². The molecule has 0 unspecified atom stereocenters. The van der Waals surface area contributed by atoms with E-state index in [1.54, 1.807) is 13.8 Å². The van der Waals surface area contributed by atoms with Gasteiger partial charge in [-0.3, -0.25) is 9.59 Å². The Labute approximate surface area is 159 Å². The maximum absolute atomic E-state index is 13.0. The van der Waals surface area contributed by atoms with E-state index in [9.17, 15) is 26.4 Å². The van der Waals surface area contributed by atoms with Crippen LogP contribution in [0.25, 0.3) is 0 Å². The first kappa shape index (κ1) is 21.0. The molecular formula is C19H20O6S2. The maximum Gasteiger partial charge on any atom is 0.237 e. The highest BCUT2D eigenvalue weighted by Gasteiger charge is 2.47. The highest BCUT2D eigenvalue weighted by molar-refractivity contribution is 8.10. The van der Waals surface area contributed by atoms with E-state index >= 15 is 0 Å². The third-order valence-corrected chi connectivity index (χ3v) is 9.01. The molecule has 2 aromatic carbocycles. The van der Waals surface area contributed by atoms with Gasteiger partial charge in [0.2, 0.25) is 35.8 Å². The molecule has 144 valence electrons. The van der Waals surface area contributed by atoms with Crippen molar-refractivity contribution in [2.75, 3.05) is 0 Å². The summed E-state index contributed by atoms with van der Waals surface area (Å²) in [5, 5.41) is 0. The monoisotopic (exact) mass is 408 g/mol. The van der Waals surface area contributed by atoms with Gasteiger partial charge in [0.15, 0.2) is 0 Å². The average molecular weight is 408 g/mol. The third-order valence-electron chi connectivity index (χ3n) is 4.07. The van der Waals surface area contributed by atoms with Crippen LogP contribution in [0, 0.1) is 13.8 Å². The minimum atomic E-state index is -4.65. The van der Waals surface area contributed by atoms with Gasteiger partial charge in [0.05, 0.1) is 9.79 Å². The first-order chi connectivity index (χ1) is 12.5. The molecule has 0 atom stereocenters. The molecule has 0 bridgehead atoms. The van der Waals surface area contributed by atoms with E-state index in [0.29, 0.717) is 0 Å². The van der Waals surface area contributed by atoms with Gasteiger partial charge in [0, 0.05) is 6.42 Å². The molecule has 0 aliphatic carbocycles. The van der Waals surface area contributed by atoms with Gasteiger partial charge in [-0.1, -0.05) is 42.3 Å². The van der Waals surface area contributed by atoms with Crippen LogP contribution in [0.15, 0.2) is 58.3 Å². The quantitative estimate of drug-likeness (QED) is 0.652. The van der Waals surface area contributed by atoms with Crippen molar-refractivity contribution in [3.63, 3.8) is 0 Å². The number of carbonyl (C=O) groups is 2. The second-order valence-corrected chi connectivity index (χ2v) is 10.6. The molecule has 0 saturated carbocycles. The first-order valence-electron chi connectivity index (χ1n) is 8.20. The van der Waals surface area contributed by atoms with Crippen LogP contribution in [0.3, 0.4) is 0 Å². The molecule has 0 fully saturated rings. The summed E-state index contributed by atoms with van der Waals surface area (Å²) in [6.07, 6.45) is -0.290. The van der Waals surface area contributed by atoms with Gasteiger partial charge >= 0.3 is 0 Å². The van der Waals surface area contributed by atoms with E-state index in [1.807, 2.05) is 0 Å². The first-order valence-corrected chi connectivity index (χ1v) is 11.3. The summed E-state index contributed by atoms with van der Waals surface area (Å²) in [5.74, 6) is -2.50. The molecule has 0 aromatic heterocycles. The lowest BCUT2D eigenvalue weighted by Crippen LogP contribution is -2.41. The minimum absolute atomic E-state index is 0.290. The molecule has 0 radical (unpaired) electrons. The SMILES string of the molecule is CCC(=O)C(=O)C(S(=O)(=O)c1ccc(C)cc1)S(=O)(=O)c1ccc(C)cc1. The molecule has 0 heterocycles. The Morgan fingerprint density at radius 2 is 1.07 bits per heavy atom. The zero-order chi connectivity index (χ0) is 20.4. The van der Waals surface area contributed by atoms with Crippen LogP contribution in [-0.2, 0) is 29.3 Å². The van der Waals surface area contributed by atoms with Gasteiger partial charge in [-0.25, -0.2) is 16.8 Å². The van der Waals surface area contributed by atoms with Crippen molar-refractivity contribution < 1.29 is 26.4 Å². The van der Waals surface area contributed by atoms with E-state index < -0.39 is 35.8 Å². The molecular weight excluding hydrogens is 388 g/mol. The van der Waals surface area contributed by atoms with Crippen molar-refractivity contribution in [2.45, 2.75) is 41.6 Å². The topological polar surface area (TPSA) is 102 Å². The Kier molecular flexibility index (Phi) is 6.01. The highest BCUT2D eigenvalue weighted by Crippen LogP contribution is 2.27. The summed E-state index contributed by atoms with van der Waals surface area (Å²) in [7, 11) is -9.29. The molecule has 0 amide bonds. The van der Waals surface area contributed by atoms with E-state index in [2.05, 4.69) is 0 Å². The molecule has 0 N–H and O–H groups in total. The van der Waals surface area contributed by atoms with Crippen LogP contribution in [0.2, 0.25) is 0 Å². The van der Waals surface area contributed by atoms with Crippen LogP contribution in [0.4, 0.5) is 0 Å². The molecule has 0 aliphatic heterocycles. The van der Waals surface area contributed by atoms with Crippen LogP contribution >= 0.6 is 0 Å². The zero-order valence-corrected chi connectivity index (χ0v) is 16.8. The van der Waals surface area contributed by atoms with Crippen molar-refractivity contribution in [3.05, 3.63) is 59.7 Å². The Morgan fingerprint density at radius 1 is 0.741 bits per heavy atom. The number of rotatable bonds is 7. The van der Waals surface area contributed by atoms with Gasteiger partial charge in [-0.2, -0.15) is 0 Å². The lowest BCUT2D eigenvalue weighted by molar-refractivity contribution is -0.135. The smallest absolute Gasteiger partial charge is 0.237 e. The lowest BCUT2D eigenvalue weighted by Gasteiger charge is -2.17. The van der Waals surface area contributed by atoms with Crippen molar-refractivity contribution in [2.24, 2.45) is 0 Å². The zero-order valence-electron chi connectivity index (χ0n) is 15.2. The van der Waals surface area contributed by atoms with E-state index in [1.165, 1.54) is 55.5 Å². The van der Waals surface area contributed by atoms with Crippen molar-refractivity contribution >= 4 is 31.2 Å². The van der Waals surface area contributed by atoms with Crippen LogP contribution in [0.1, 0.15) is 24.5 Å². The molecule has 0 saturated heterocycles. The normalized spacial score (nSPS) is 12.1. The third kappa shape index (κ3) is 4.17. The number of sulfone groups is 2. The van der Waals surface area contributed by atoms with Crippen LogP contribution < -0.4 is 0 Å². The fraction of sp³-hybridized carbons (Fsp3) is 0.263. The minimum Gasteiger partial charge on any atom is -0.291 e. The lowest BCUT2D eigenvalue weighted by atomic mass is 10.2. The van der Waals surface area contributed by atoms with E-state index in [4.69, 9.17) is 0 Å².